The molecule has 1 atom stereocenters. The van der Waals surface area contributed by atoms with Crippen LogP contribution in [0.3, 0.4) is 0 Å². The number of rotatable bonds is 12. The highest BCUT2D eigenvalue weighted by Gasteiger charge is 2.37. The fraction of sp³-hybridized carbons (Fsp3) is 0.400. The molecule has 1 fully saturated rings. The molecule has 0 aliphatic carbocycles. The predicted octanol–water partition coefficient (Wildman–Crippen LogP) is 9.19. The lowest BCUT2D eigenvalue weighted by Gasteiger charge is -2.39. The van der Waals surface area contributed by atoms with E-state index >= 15 is 0 Å². The van der Waals surface area contributed by atoms with Crippen LogP contribution in [0.4, 0.5) is 26.3 Å². The largest absolute Gasteiger partial charge is 0.462 e. The Kier molecular flexibility index (Phi) is 12.6. The number of halogens is 8. The first kappa shape index (κ1) is 37.7. The third-order valence-corrected chi connectivity index (χ3v) is 9.08. The molecule has 0 saturated carbocycles. The Bertz CT molecular complexity index is 1540. The van der Waals surface area contributed by atoms with Gasteiger partial charge < -0.3 is 19.5 Å². The second-order valence-electron chi connectivity index (χ2n) is 11.7. The Morgan fingerprint density at radius 3 is 2.12 bits per heavy atom. The van der Waals surface area contributed by atoms with E-state index in [0.717, 1.165) is 11.1 Å². The van der Waals surface area contributed by atoms with Crippen molar-refractivity contribution in [1.82, 2.24) is 4.90 Å². The molecular formula is C35H35Cl2F6NO4. The van der Waals surface area contributed by atoms with Crippen LogP contribution < -0.4 is 0 Å². The Morgan fingerprint density at radius 2 is 1.56 bits per heavy atom. The maximum atomic E-state index is 13.4. The number of likely N-dealkylation sites (tertiary alicyclic amines) is 1. The van der Waals surface area contributed by atoms with E-state index in [1.165, 1.54) is 6.92 Å². The first-order valence-corrected chi connectivity index (χ1v) is 15.9. The van der Waals surface area contributed by atoms with Crippen LogP contribution in [0.2, 0.25) is 10.0 Å². The average Bonchev–Trinajstić information content (AvgIpc) is 3.02. The third kappa shape index (κ3) is 10.5. The van der Waals surface area contributed by atoms with Gasteiger partial charge in [0, 0.05) is 25.9 Å². The lowest BCUT2D eigenvalue weighted by molar-refractivity contribution is -0.143. The van der Waals surface area contributed by atoms with E-state index in [-0.39, 0.29) is 29.9 Å². The molecule has 260 valence electrons. The first-order valence-electron chi connectivity index (χ1n) is 15.2. The Labute approximate surface area is 285 Å². The zero-order valence-corrected chi connectivity index (χ0v) is 27.5. The van der Waals surface area contributed by atoms with Gasteiger partial charge in [0.25, 0.3) is 0 Å². The number of aliphatic hydroxyl groups is 1. The highest BCUT2D eigenvalue weighted by atomic mass is 35.5. The van der Waals surface area contributed by atoms with Crippen LogP contribution in [-0.4, -0.2) is 48.8 Å². The van der Waals surface area contributed by atoms with Gasteiger partial charge in [-0.3, -0.25) is 4.79 Å². The van der Waals surface area contributed by atoms with Crippen molar-refractivity contribution in [2.75, 3.05) is 32.8 Å². The number of alkyl halides is 6. The molecule has 1 aliphatic rings. The van der Waals surface area contributed by atoms with Crippen LogP contribution in [-0.2, 0) is 38.8 Å². The van der Waals surface area contributed by atoms with E-state index < -0.39 is 47.6 Å². The van der Waals surface area contributed by atoms with Gasteiger partial charge in [-0.25, -0.2) is 0 Å². The van der Waals surface area contributed by atoms with E-state index in [1.54, 1.807) is 24.3 Å². The van der Waals surface area contributed by atoms with Crippen LogP contribution in [0.25, 0.3) is 0 Å². The zero-order chi connectivity index (χ0) is 35.1. The van der Waals surface area contributed by atoms with E-state index in [9.17, 15) is 36.2 Å². The van der Waals surface area contributed by atoms with Gasteiger partial charge in [-0.05, 0) is 84.5 Å². The Morgan fingerprint density at radius 1 is 0.938 bits per heavy atom. The van der Waals surface area contributed by atoms with E-state index in [0.29, 0.717) is 61.6 Å². The van der Waals surface area contributed by atoms with Crippen LogP contribution in [0.5, 0.6) is 0 Å². The zero-order valence-electron chi connectivity index (χ0n) is 26.0. The molecule has 0 amide bonds. The minimum atomic E-state index is -4.99. The van der Waals surface area contributed by atoms with Crippen molar-refractivity contribution in [3.8, 4) is 0 Å². The first-order chi connectivity index (χ1) is 22.5. The maximum Gasteiger partial charge on any atom is 0.416 e. The maximum absolute atomic E-state index is 13.4. The highest BCUT2D eigenvalue weighted by molar-refractivity contribution is 6.42. The van der Waals surface area contributed by atoms with E-state index in [4.69, 9.17) is 32.7 Å². The SMILES string of the molecule is CC(=O)OC/C=C(\COCc1cc(C(F)(F)F)cc(C(F)(F)F)c1)C(CCN1CCC(O)(c2ccccc2)CC1)c1ccc(Cl)c(Cl)c1. The smallest absolute Gasteiger partial charge is 0.416 e. The van der Waals surface area contributed by atoms with Crippen molar-refractivity contribution in [1.29, 1.82) is 0 Å². The van der Waals surface area contributed by atoms with Gasteiger partial charge in [0.05, 0.1) is 40.0 Å². The molecule has 3 aromatic rings. The molecular weight excluding hydrogens is 683 g/mol. The second-order valence-corrected chi connectivity index (χ2v) is 12.6. The molecule has 13 heteroatoms. The van der Waals surface area contributed by atoms with Gasteiger partial charge in [-0.2, -0.15) is 26.3 Å². The van der Waals surface area contributed by atoms with Gasteiger partial charge >= 0.3 is 18.3 Å². The van der Waals surface area contributed by atoms with Gasteiger partial charge in [0.1, 0.15) is 6.61 Å². The number of hydrogen-bond acceptors (Lipinski definition) is 5. The molecule has 0 radical (unpaired) electrons. The summed E-state index contributed by atoms with van der Waals surface area (Å²) in [5.74, 6) is -0.946. The van der Waals surface area contributed by atoms with Gasteiger partial charge in [0.2, 0.25) is 0 Å². The molecule has 0 aromatic heterocycles. The minimum absolute atomic E-state index is 0.0650. The molecule has 1 N–H and O–H groups in total. The highest BCUT2D eigenvalue weighted by Crippen LogP contribution is 2.38. The van der Waals surface area contributed by atoms with Crippen LogP contribution in [0, 0.1) is 0 Å². The van der Waals surface area contributed by atoms with Crippen molar-refractivity contribution < 1.29 is 45.7 Å². The molecule has 4 rings (SSSR count). The number of hydrogen-bond donors (Lipinski definition) is 1. The lowest BCUT2D eigenvalue weighted by atomic mass is 9.84. The number of nitrogens with zero attached hydrogens (tertiary/aromatic N) is 1. The monoisotopic (exact) mass is 717 g/mol. The number of benzene rings is 3. The summed E-state index contributed by atoms with van der Waals surface area (Å²) >= 11 is 12.5. The molecule has 1 unspecified atom stereocenters. The summed E-state index contributed by atoms with van der Waals surface area (Å²) in [5.41, 5.74) is -1.95. The predicted molar refractivity (Wildman–Crippen MR) is 171 cm³/mol. The summed E-state index contributed by atoms with van der Waals surface area (Å²) in [5, 5.41) is 11.9. The lowest BCUT2D eigenvalue weighted by Crippen LogP contribution is -2.43. The van der Waals surface area contributed by atoms with Gasteiger partial charge in [0.15, 0.2) is 0 Å². The molecule has 0 bridgehead atoms. The molecule has 3 aromatic carbocycles. The Hall–Kier alpha value is -3.09. The van der Waals surface area contributed by atoms with Crippen molar-refractivity contribution in [3.63, 3.8) is 0 Å². The van der Waals surface area contributed by atoms with Gasteiger partial charge in [-0.1, -0.05) is 59.6 Å². The number of piperidine rings is 1. The average molecular weight is 719 g/mol. The third-order valence-electron chi connectivity index (χ3n) is 8.34. The fourth-order valence-electron chi connectivity index (χ4n) is 5.75. The quantitative estimate of drug-likeness (QED) is 0.115. The number of carbonyl (C=O) groups excluding carboxylic acids is 1. The van der Waals surface area contributed by atoms with Gasteiger partial charge in [-0.15, -0.1) is 0 Å². The summed E-state index contributed by atoms with van der Waals surface area (Å²) in [6.07, 6.45) is -6.83. The molecule has 1 aliphatic heterocycles. The van der Waals surface area contributed by atoms with E-state index in [1.807, 2.05) is 30.3 Å². The fourth-order valence-corrected chi connectivity index (χ4v) is 6.05. The summed E-state index contributed by atoms with van der Waals surface area (Å²) in [4.78, 5) is 13.7. The Balaban J connectivity index is 1.55. The molecule has 1 heterocycles. The standard InChI is InChI=1S/C35H35Cl2F6NO4/c1-23(45)48-16-10-26(22-47-21-24-17-28(34(38,39)40)20-29(18-24)35(41,42)43)30(25-7-8-31(36)32(37)19-25)9-13-44-14-11-33(46,12-15-44)27-5-3-2-4-6-27/h2-8,10,17-20,30,46H,9,11-16,21-22H2,1H3/b26-10+. The van der Waals surface area contributed by atoms with Crippen molar-refractivity contribution in [2.24, 2.45) is 0 Å². The number of carbonyl (C=O) groups is 1. The molecule has 1 saturated heterocycles. The summed E-state index contributed by atoms with van der Waals surface area (Å²) in [6, 6.07) is 15.9. The normalized spacial score (nSPS) is 16.5. The summed E-state index contributed by atoms with van der Waals surface area (Å²) < 4.78 is 91.4. The summed E-state index contributed by atoms with van der Waals surface area (Å²) in [6.45, 7) is 2.15. The molecule has 5 nitrogen and oxygen atoms in total. The van der Waals surface area contributed by atoms with Crippen molar-refractivity contribution >= 4 is 29.2 Å². The van der Waals surface area contributed by atoms with Crippen LogP contribution in [0.1, 0.15) is 59.9 Å². The second kappa shape index (κ2) is 16.1. The van der Waals surface area contributed by atoms with E-state index in [2.05, 4.69) is 4.90 Å². The number of ether oxygens (including phenoxy) is 2. The topological polar surface area (TPSA) is 59.0 Å². The van der Waals surface area contributed by atoms with Crippen LogP contribution in [0.15, 0.2) is 78.4 Å². The number of esters is 1. The summed E-state index contributed by atoms with van der Waals surface area (Å²) in [7, 11) is 0. The van der Waals surface area contributed by atoms with Crippen molar-refractivity contribution in [2.45, 2.75) is 56.7 Å². The molecule has 0 spiro atoms. The van der Waals surface area contributed by atoms with Crippen LogP contribution >= 0.6 is 23.2 Å². The molecule has 48 heavy (non-hydrogen) atoms. The van der Waals surface area contributed by atoms with Crippen molar-refractivity contribution in [3.05, 3.63) is 116 Å². The minimum Gasteiger partial charge on any atom is -0.462 e.